The minimum absolute atomic E-state index is 0.0845. The van der Waals surface area contributed by atoms with E-state index in [0.29, 0.717) is 38.2 Å². The van der Waals surface area contributed by atoms with E-state index in [-0.39, 0.29) is 12.4 Å². The highest BCUT2D eigenvalue weighted by Crippen LogP contribution is 2.31. The number of halogens is 2. The fourth-order valence-corrected chi connectivity index (χ4v) is 3.05. The van der Waals surface area contributed by atoms with Gasteiger partial charge in [-0.2, -0.15) is 5.10 Å². The van der Waals surface area contributed by atoms with E-state index in [1.54, 1.807) is 36.4 Å². The maximum Gasteiger partial charge on any atom is 0.271 e. The van der Waals surface area contributed by atoms with Gasteiger partial charge in [-0.05, 0) is 60.2 Å². The number of rotatable bonds is 7. The van der Waals surface area contributed by atoms with Crippen LogP contribution < -0.4 is 14.9 Å². The molecule has 30 heavy (non-hydrogen) atoms. The highest BCUT2D eigenvalue weighted by atomic mass is 35.5. The Bertz CT molecular complexity index is 1050. The lowest BCUT2D eigenvalue weighted by atomic mass is 10.2. The summed E-state index contributed by atoms with van der Waals surface area (Å²) < 4.78 is 11.2. The molecule has 0 saturated heterocycles. The van der Waals surface area contributed by atoms with E-state index in [9.17, 15) is 9.90 Å². The van der Waals surface area contributed by atoms with Crippen molar-refractivity contribution in [3.8, 4) is 17.2 Å². The third-order valence-corrected chi connectivity index (χ3v) is 4.84. The predicted octanol–water partition coefficient (Wildman–Crippen LogP) is 5.05. The van der Waals surface area contributed by atoms with Crippen molar-refractivity contribution in [1.82, 2.24) is 5.43 Å². The van der Waals surface area contributed by atoms with Gasteiger partial charge in [0, 0.05) is 21.2 Å². The second kappa shape index (κ2) is 10.0. The van der Waals surface area contributed by atoms with Crippen LogP contribution in [0.15, 0.2) is 65.8 Å². The molecule has 0 aliphatic rings. The van der Waals surface area contributed by atoms with E-state index in [2.05, 4.69) is 10.5 Å². The number of benzene rings is 3. The maximum atomic E-state index is 12.0. The van der Waals surface area contributed by atoms with Crippen LogP contribution in [0.5, 0.6) is 17.2 Å². The molecular formula is C22H18Cl2N2O4. The average Bonchev–Trinajstić information content (AvgIpc) is 2.74. The monoisotopic (exact) mass is 444 g/mol. The lowest BCUT2D eigenvalue weighted by molar-refractivity contribution is 0.0955. The smallest absolute Gasteiger partial charge is 0.271 e. The van der Waals surface area contributed by atoms with E-state index in [4.69, 9.17) is 32.7 Å². The molecule has 3 rings (SSSR count). The molecule has 2 N–H and O–H groups in total. The normalized spacial score (nSPS) is 10.8. The number of methoxy groups -OCH3 is 1. The molecule has 0 heterocycles. The first-order chi connectivity index (χ1) is 14.5. The number of hydrogen-bond donors (Lipinski definition) is 2. The average molecular weight is 445 g/mol. The molecule has 0 atom stereocenters. The van der Waals surface area contributed by atoms with Crippen LogP contribution in [-0.2, 0) is 6.61 Å². The number of nitrogens with zero attached hydrogens (tertiary/aromatic N) is 1. The molecule has 3 aromatic rings. The molecule has 8 heteroatoms. The van der Waals surface area contributed by atoms with Gasteiger partial charge in [-0.15, -0.1) is 0 Å². The molecule has 0 aliphatic heterocycles. The molecule has 6 nitrogen and oxygen atoms in total. The van der Waals surface area contributed by atoms with Crippen molar-refractivity contribution >= 4 is 35.3 Å². The van der Waals surface area contributed by atoms with Gasteiger partial charge < -0.3 is 14.6 Å². The first-order valence-corrected chi connectivity index (χ1v) is 9.59. The van der Waals surface area contributed by atoms with Crippen molar-refractivity contribution in [2.75, 3.05) is 7.11 Å². The molecular weight excluding hydrogens is 427 g/mol. The quantitative estimate of drug-likeness (QED) is 0.394. The number of ether oxygens (including phenoxy) is 2. The Labute approximate surface area is 183 Å². The summed E-state index contributed by atoms with van der Waals surface area (Å²) in [5.74, 6) is 0.696. The van der Waals surface area contributed by atoms with E-state index in [1.807, 2.05) is 0 Å². The standard InChI is InChI=1S/C22H18Cl2N2O4/c1-29-21-11-14(12-25-26-22(28)15-6-8-16(27)9-7-15)5-10-20(21)30-13-17-18(23)3-2-4-19(17)24/h2-12,27H,13H2,1H3,(H,26,28)/b25-12-. The Kier molecular flexibility index (Phi) is 7.17. The third kappa shape index (κ3) is 5.43. The zero-order valence-electron chi connectivity index (χ0n) is 15.9. The summed E-state index contributed by atoms with van der Waals surface area (Å²) in [5.41, 5.74) is 4.19. The Hall–Kier alpha value is -3.22. The molecule has 3 aromatic carbocycles. The largest absolute Gasteiger partial charge is 0.508 e. The molecule has 0 fully saturated rings. The summed E-state index contributed by atoms with van der Waals surface area (Å²) in [4.78, 5) is 12.0. The molecule has 0 aliphatic carbocycles. The molecule has 0 radical (unpaired) electrons. The van der Waals surface area contributed by atoms with Gasteiger partial charge in [0.1, 0.15) is 12.4 Å². The van der Waals surface area contributed by atoms with Crippen molar-refractivity contribution < 1.29 is 19.4 Å². The number of phenols is 1. The number of nitrogens with one attached hydrogen (secondary N) is 1. The number of aromatic hydroxyl groups is 1. The minimum Gasteiger partial charge on any atom is -0.508 e. The summed E-state index contributed by atoms with van der Waals surface area (Å²) in [6.07, 6.45) is 1.48. The van der Waals surface area contributed by atoms with Gasteiger partial charge in [0.15, 0.2) is 11.5 Å². The van der Waals surface area contributed by atoms with Gasteiger partial charge in [0.25, 0.3) is 5.91 Å². The fraction of sp³-hybridized carbons (Fsp3) is 0.0909. The van der Waals surface area contributed by atoms with Crippen molar-refractivity contribution in [2.24, 2.45) is 5.10 Å². The zero-order chi connectivity index (χ0) is 21.5. The number of phenolic OH excluding ortho intramolecular Hbond substituents is 1. The molecule has 1 amide bonds. The van der Waals surface area contributed by atoms with Gasteiger partial charge in [0.05, 0.1) is 13.3 Å². The summed E-state index contributed by atoms with van der Waals surface area (Å²) >= 11 is 12.3. The van der Waals surface area contributed by atoms with E-state index in [1.165, 1.54) is 37.6 Å². The van der Waals surface area contributed by atoms with E-state index >= 15 is 0 Å². The van der Waals surface area contributed by atoms with Crippen molar-refractivity contribution in [1.29, 1.82) is 0 Å². The van der Waals surface area contributed by atoms with Crippen molar-refractivity contribution in [3.63, 3.8) is 0 Å². The second-order valence-electron chi connectivity index (χ2n) is 6.15. The van der Waals surface area contributed by atoms with Crippen LogP contribution in [0.2, 0.25) is 10.0 Å². The van der Waals surface area contributed by atoms with Gasteiger partial charge >= 0.3 is 0 Å². The minimum atomic E-state index is -0.394. The maximum absolute atomic E-state index is 12.0. The van der Waals surface area contributed by atoms with Crippen LogP contribution in [0.3, 0.4) is 0 Å². The topological polar surface area (TPSA) is 80.2 Å². The predicted molar refractivity (Wildman–Crippen MR) is 117 cm³/mol. The SMILES string of the molecule is COc1cc(/C=N\NC(=O)c2ccc(O)cc2)ccc1OCc1c(Cl)cccc1Cl. The Morgan fingerprint density at radius 3 is 2.43 bits per heavy atom. The van der Waals surface area contributed by atoms with Gasteiger partial charge in [-0.25, -0.2) is 5.43 Å². The molecule has 0 bridgehead atoms. The number of amides is 1. The summed E-state index contributed by atoms with van der Waals surface area (Å²) in [5, 5.41) is 14.3. The van der Waals surface area contributed by atoms with Crippen LogP contribution >= 0.6 is 23.2 Å². The first-order valence-electron chi connectivity index (χ1n) is 8.84. The molecule has 0 spiro atoms. The number of hydrazone groups is 1. The van der Waals surface area contributed by atoms with E-state index < -0.39 is 5.91 Å². The van der Waals surface area contributed by atoms with Crippen molar-refractivity contribution in [2.45, 2.75) is 6.61 Å². The number of carbonyl (C=O) groups is 1. The van der Waals surface area contributed by atoms with Crippen LogP contribution in [0.1, 0.15) is 21.5 Å². The Balaban J connectivity index is 1.65. The highest BCUT2D eigenvalue weighted by molar-refractivity contribution is 6.35. The highest BCUT2D eigenvalue weighted by Gasteiger charge is 2.10. The van der Waals surface area contributed by atoms with Gasteiger partial charge in [0.2, 0.25) is 0 Å². The van der Waals surface area contributed by atoms with Gasteiger partial charge in [-0.3, -0.25) is 4.79 Å². The first kappa shape index (κ1) is 21.5. The molecule has 0 unspecified atom stereocenters. The fourth-order valence-electron chi connectivity index (χ4n) is 2.55. The molecule has 0 aromatic heterocycles. The van der Waals surface area contributed by atoms with Gasteiger partial charge in [-0.1, -0.05) is 29.3 Å². The second-order valence-corrected chi connectivity index (χ2v) is 6.96. The Morgan fingerprint density at radius 2 is 1.77 bits per heavy atom. The molecule has 0 saturated carbocycles. The Morgan fingerprint density at radius 1 is 1.07 bits per heavy atom. The summed E-state index contributed by atoms with van der Waals surface area (Å²) in [6, 6.07) is 16.3. The van der Waals surface area contributed by atoms with E-state index in [0.717, 1.165) is 0 Å². The number of carbonyl (C=O) groups excluding carboxylic acids is 1. The lowest BCUT2D eigenvalue weighted by Crippen LogP contribution is -2.17. The van der Waals surface area contributed by atoms with Crippen LogP contribution in [-0.4, -0.2) is 24.3 Å². The third-order valence-electron chi connectivity index (χ3n) is 4.13. The lowest BCUT2D eigenvalue weighted by Gasteiger charge is -2.13. The zero-order valence-corrected chi connectivity index (χ0v) is 17.4. The summed E-state index contributed by atoms with van der Waals surface area (Å²) in [7, 11) is 1.53. The van der Waals surface area contributed by atoms with Crippen LogP contribution in [0.25, 0.3) is 0 Å². The molecule has 154 valence electrons. The van der Waals surface area contributed by atoms with Crippen LogP contribution in [0, 0.1) is 0 Å². The summed E-state index contributed by atoms with van der Waals surface area (Å²) in [6.45, 7) is 0.186. The van der Waals surface area contributed by atoms with Crippen molar-refractivity contribution in [3.05, 3.63) is 87.4 Å². The van der Waals surface area contributed by atoms with Crippen LogP contribution in [0.4, 0.5) is 0 Å². The number of hydrogen-bond acceptors (Lipinski definition) is 5.